The Kier molecular flexibility index (Phi) is 3.25. The third-order valence-corrected chi connectivity index (χ3v) is 0.855. The van der Waals surface area contributed by atoms with Gasteiger partial charge in [0, 0.05) is 6.54 Å². The normalized spacial score (nSPS) is 9.00. The summed E-state index contributed by atoms with van der Waals surface area (Å²) in [4.78, 5) is 2.09. The van der Waals surface area contributed by atoms with Crippen LogP contribution in [0.3, 0.4) is 0 Å². The molecule has 0 aliphatic carbocycles. The van der Waals surface area contributed by atoms with E-state index < -0.39 is 0 Å². The highest BCUT2D eigenvalue weighted by Crippen LogP contribution is 1.88. The molecule has 0 amide bonds. The predicted octanol–water partition coefficient (Wildman–Crippen LogP) is 1.28. The Bertz CT molecular complexity index is 108. The fourth-order valence-electron chi connectivity index (χ4n) is 0.530. The topological polar surface area (TPSA) is 3.24 Å². The molecule has 0 saturated heterocycles. The predicted molar refractivity (Wildman–Crippen MR) is 36.9 cm³/mol. The number of hydrogen-bond donors (Lipinski definition) is 0. The highest BCUT2D eigenvalue weighted by Gasteiger charge is 1.87. The quantitative estimate of drug-likeness (QED) is 0.485. The van der Waals surface area contributed by atoms with Crippen molar-refractivity contribution in [3.63, 3.8) is 0 Å². The smallest absolute Gasteiger partial charge is 0.0259 e. The van der Waals surface area contributed by atoms with Crippen molar-refractivity contribution >= 4 is 0 Å². The van der Waals surface area contributed by atoms with Gasteiger partial charge in [0.05, 0.1) is 0 Å². The van der Waals surface area contributed by atoms with E-state index in [1.54, 1.807) is 0 Å². The van der Waals surface area contributed by atoms with Crippen LogP contribution in [0.2, 0.25) is 0 Å². The van der Waals surface area contributed by atoms with Crippen LogP contribution in [-0.4, -0.2) is 25.5 Å². The van der Waals surface area contributed by atoms with Gasteiger partial charge in [0.2, 0.25) is 0 Å². The maximum atomic E-state index is 3.52. The van der Waals surface area contributed by atoms with Crippen molar-refractivity contribution in [3.05, 3.63) is 17.9 Å². The van der Waals surface area contributed by atoms with Gasteiger partial charge in [-0.3, -0.25) is 0 Å². The van der Waals surface area contributed by atoms with E-state index >= 15 is 0 Å². The summed E-state index contributed by atoms with van der Waals surface area (Å²) in [5.41, 5.74) is 4.01. The van der Waals surface area contributed by atoms with E-state index in [1.807, 2.05) is 21.0 Å². The van der Waals surface area contributed by atoms with Crippen LogP contribution in [0.4, 0.5) is 0 Å². The lowest BCUT2D eigenvalue weighted by atomic mass is 10.3. The minimum Gasteiger partial charge on any atom is -0.305 e. The van der Waals surface area contributed by atoms with Gasteiger partial charge in [-0.05, 0) is 26.6 Å². The summed E-state index contributed by atoms with van der Waals surface area (Å²) in [5, 5.41) is 0. The minimum absolute atomic E-state index is 0.962. The summed E-state index contributed by atoms with van der Waals surface area (Å²) in [6, 6.07) is 0. The van der Waals surface area contributed by atoms with Crippen molar-refractivity contribution in [2.24, 2.45) is 0 Å². The molecule has 0 N–H and O–H groups in total. The van der Waals surface area contributed by atoms with E-state index in [-0.39, 0.29) is 0 Å². The Labute approximate surface area is 51.3 Å². The van der Waals surface area contributed by atoms with Gasteiger partial charge in [-0.25, -0.2) is 0 Å². The monoisotopic (exact) mass is 111 g/mol. The van der Waals surface area contributed by atoms with Gasteiger partial charge in [0.15, 0.2) is 0 Å². The van der Waals surface area contributed by atoms with E-state index in [9.17, 15) is 0 Å². The molecule has 0 fully saturated rings. The van der Waals surface area contributed by atoms with E-state index in [0.717, 1.165) is 6.54 Å². The number of rotatable bonds is 2. The maximum Gasteiger partial charge on any atom is 0.0259 e. The molecule has 0 aromatic heterocycles. The minimum atomic E-state index is 0.962. The van der Waals surface area contributed by atoms with Crippen LogP contribution >= 0.6 is 0 Å². The number of likely N-dealkylation sites (N-methyl/N-ethyl adjacent to an activating group) is 1. The number of hydrogen-bond acceptors (Lipinski definition) is 1. The van der Waals surface area contributed by atoms with Gasteiger partial charge in [-0.15, -0.1) is 5.73 Å². The molecule has 0 aliphatic heterocycles. The molecule has 0 spiro atoms. The van der Waals surface area contributed by atoms with Crippen LogP contribution in [0.25, 0.3) is 0 Å². The largest absolute Gasteiger partial charge is 0.305 e. The fraction of sp³-hybridized carbons (Fsp3) is 0.571. The molecule has 0 aliphatic rings. The van der Waals surface area contributed by atoms with Crippen LogP contribution in [0.1, 0.15) is 6.92 Å². The van der Waals surface area contributed by atoms with Crippen molar-refractivity contribution in [3.8, 4) is 0 Å². The van der Waals surface area contributed by atoms with Crippen molar-refractivity contribution < 1.29 is 0 Å². The Morgan fingerprint density at radius 2 is 2.12 bits per heavy atom. The van der Waals surface area contributed by atoms with Gasteiger partial charge in [-0.2, -0.15) is 0 Å². The SMILES string of the molecule is C=C=C(C)CN(C)C. The van der Waals surface area contributed by atoms with E-state index in [4.69, 9.17) is 0 Å². The molecule has 1 nitrogen and oxygen atoms in total. The Hall–Kier alpha value is -0.520. The third kappa shape index (κ3) is 3.66. The van der Waals surface area contributed by atoms with Gasteiger partial charge in [0.1, 0.15) is 0 Å². The molecule has 46 valence electrons. The highest BCUT2D eigenvalue weighted by atomic mass is 15.0. The second-order valence-corrected chi connectivity index (χ2v) is 2.19. The molecule has 0 saturated carbocycles. The molecular formula is C7H13N. The lowest BCUT2D eigenvalue weighted by Crippen LogP contribution is -2.13. The number of nitrogens with zero attached hydrogens (tertiary/aromatic N) is 1. The molecule has 0 bridgehead atoms. The van der Waals surface area contributed by atoms with Crippen LogP contribution in [0.15, 0.2) is 17.9 Å². The summed E-state index contributed by atoms with van der Waals surface area (Å²) in [5.74, 6) is 0. The lowest BCUT2D eigenvalue weighted by Gasteiger charge is -2.06. The Morgan fingerprint density at radius 1 is 1.62 bits per heavy atom. The maximum absolute atomic E-state index is 3.52. The van der Waals surface area contributed by atoms with Crippen molar-refractivity contribution in [1.29, 1.82) is 0 Å². The molecule has 1 heteroatoms. The average molecular weight is 111 g/mol. The molecule has 0 unspecified atom stereocenters. The molecule has 0 heterocycles. The summed E-state index contributed by atoms with van der Waals surface area (Å²) in [6.07, 6.45) is 0. The van der Waals surface area contributed by atoms with Crippen LogP contribution in [0.5, 0.6) is 0 Å². The van der Waals surface area contributed by atoms with E-state index in [1.165, 1.54) is 5.57 Å². The molecule has 0 radical (unpaired) electrons. The fourth-order valence-corrected chi connectivity index (χ4v) is 0.530. The van der Waals surface area contributed by atoms with Crippen LogP contribution in [-0.2, 0) is 0 Å². The molecule has 0 aromatic rings. The first-order valence-corrected chi connectivity index (χ1v) is 2.67. The molecule has 0 aromatic carbocycles. The molecule has 0 atom stereocenters. The summed E-state index contributed by atoms with van der Waals surface area (Å²) in [6.45, 7) is 6.51. The standard InChI is InChI=1S/C7H13N/c1-5-7(2)6-8(3)4/h1,6H2,2-4H3. The van der Waals surface area contributed by atoms with Gasteiger partial charge in [-0.1, -0.05) is 6.58 Å². The highest BCUT2D eigenvalue weighted by molar-refractivity contribution is 4.95. The van der Waals surface area contributed by atoms with E-state index in [0.29, 0.717) is 0 Å². The van der Waals surface area contributed by atoms with Crippen molar-refractivity contribution in [1.82, 2.24) is 4.90 Å². The molecule has 8 heavy (non-hydrogen) atoms. The third-order valence-electron chi connectivity index (χ3n) is 0.855. The van der Waals surface area contributed by atoms with Gasteiger partial charge >= 0.3 is 0 Å². The first-order valence-electron chi connectivity index (χ1n) is 2.67. The zero-order chi connectivity index (χ0) is 6.57. The second-order valence-electron chi connectivity index (χ2n) is 2.19. The first kappa shape index (κ1) is 7.48. The first-order chi connectivity index (χ1) is 3.66. The van der Waals surface area contributed by atoms with Crippen LogP contribution < -0.4 is 0 Å². The second kappa shape index (κ2) is 3.48. The van der Waals surface area contributed by atoms with E-state index in [2.05, 4.69) is 17.2 Å². The Balaban J connectivity index is 3.56. The van der Waals surface area contributed by atoms with Gasteiger partial charge < -0.3 is 4.90 Å². The molecular weight excluding hydrogens is 98.1 g/mol. The van der Waals surface area contributed by atoms with Crippen molar-refractivity contribution in [2.45, 2.75) is 6.92 Å². The summed E-state index contributed by atoms with van der Waals surface area (Å²) < 4.78 is 0. The van der Waals surface area contributed by atoms with Crippen LogP contribution in [0, 0.1) is 0 Å². The molecule has 0 rings (SSSR count). The summed E-state index contributed by atoms with van der Waals surface area (Å²) in [7, 11) is 4.06. The summed E-state index contributed by atoms with van der Waals surface area (Å²) >= 11 is 0. The average Bonchev–Trinajstić information content (AvgIpc) is 1.65. The zero-order valence-electron chi connectivity index (χ0n) is 5.86. The Morgan fingerprint density at radius 3 is 2.25 bits per heavy atom. The zero-order valence-corrected chi connectivity index (χ0v) is 5.86. The van der Waals surface area contributed by atoms with Gasteiger partial charge in [0.25, 0.3) is 0 Å². The van der Waals surface area contributed by atoms with Crippen molar-refractivity contribution in [2.75, 3.05) is 20.6 Å². The lowest BCUT2D eigenvalue weighted by molar-refractivity contribution is 0.445.